The first-order chi connectivity index (χ1) is 23.9. The van der Waals surface area contributed by atoms with E-state index in [0.717, 1.165) is 0 Å². The highest BCUT2D eigenvalue weighted by molar-refractivity contribution is 5.89. The van der Waals surface area contributed by atoms with E-state index in [0.29, 0.717) is 0 Å². The fourth-order valence-electron chi connectivity index (χ4n) is 9.85. The molecule has 6 aromatic carbocycles. The molecular formula is C47H44N2. The van der Waals surface area contributed by atoms with Crippen LogP contribution >= 0.6 is 0 Å². The molecule has 9 rings (SSSR count). The molecule has 0 aromatic heterocycles. The maximum Gasteiger partial charge on any atom is 0.0713 e. The first kappa shape index (κ1) is 30.0. The van der Waals surface area contributed by atoms with Crippen LogP contribution in [0.25, 0.3) is 22.3 Å². The number of benzene rings is 6. The summed E-state index contributed by atoms with van der Waals surface area (Å²) in [4.78, 5) is 4.86. The molecule has 0 bridgehead atoms. The molecule has 0 amide bonds. The molecule has 1 heterocycles. The molecule has 49 heavy (non-hydrogen) atoms. The summed E-state index contributed by atoms with van der Waals surface area (Å²) >= 11 is 0. The van der Waals surface area contributed by atoms with Crippen molar-refractivity contribution in [2.45, 2.75) is 55.9 Å². The predicted octanol–water partition coefficient (Wildman–Crippen LogP) is 11.5. The Morgan fingerprint density at radius 3 is 1.82 bits per heavy atom. The van der Waals surface area contributed by atoms with Gasteiger partial charge < -0.3 is 9.80 Å². The van der Waals surface area contributed by atoms with Crippen molar-refractivity contribution >= 4 is 17.1 Å². The van der Waals surface area contributed by atoms with E-state index in [4.69, 9.17) is 0 Å². The van der Waals surface area contributed by atoms with Crippen LogP contribution in [0.1, 0.15) is 67.3 Å². The lowest BCUT2D eigenvalue weighted by Crippen LogP contribution is -2.54. The summed E-state index contributed by atoms with van der Waals surface area (Å²) in [5.41, 5.74) is 15.7. The van der Waals surface area contributed by atoms with Gasteiger partial charge in [-0.3, -0.25) is 0 Å². The molecule has 0 N–H and O–H groups in total. The number of rotatable bonds is 5. The normalized spacial score (nSPS) is 21.4. The summed E-state index contributed by atoms with van der Waals surface area (Å²) in [6.07, 6.45) is 4.95. The highest BCUT2D eigenvalue weighted by Gasteiger charge is 2.57. The lowest BCUT2D eigenvalue weighted by molar-refractivity contribution is 0.195. The van der Waals surface area contributed by atoms with Gasteiger partial charge in [0.15, 0.2) is 0 Å². The Morgan fingerprint density at radius 1 is 0.531 bits per heavy atom. The Morgan fingerprint density at radius 2 is 1.12 bits per heavy atom. The maximum atomic E-state index is 2.68. The molecule has 1 saturated carbocycles. The van der Waals surface area contributed by atoms with E-state index in [-0.39, 0.29) is 16.4 Å². The van der Waals surface area contributed by atoms with Gasteiger partial charge in [0.1, 0.15) is 0 Å². The molecule has 0 radical (unpaired) electrons. The average molecular weight is 637 g/mol. The van der Waals surface area contributed by atoms with Crippen molar-refractivity contribution < 1.29 is 0 Å². The van der Waals surface area contributed by atoms with Gasteiger partial charge >= 0.3 is 0 Å². The third-order valence-electron chi connectivity index (χ3n) is 12.5. The van der Waals surface area contributed by atoms with Gasteiger partial charge in [-0.2, -0.15) is 0 Å². The minimum Gasteiger partial charge on any atom is -0.378 e. The first-order valence-corrected chi connectivity index (χ1v) is 17.9. The van der Waals surface area contributed by atoms with Crippen molar-refractivity contribution in [1.29, 1.82) is 0 Å². The highest BCUT2D eigenvalue weighted by Crippen LogP contribution is 2.62. The van der Waals surface area contributed by atoms with Crippen molar-refractivity contribution in [1.82, 2.24) is 0 Å². The van der Waals surface area contributed by atoms with Crippen molar-refractivity contribution in [3.8, 4) is 22.3 Å². The fraction of sp³-hybridized carbons (Fsp3) is 0.234. The number of nitrogens with zero attached hydrogens (tertiary/aromatic N) is 2. The van der Waals surface area contributed by atoms with E-state index < -0.39 is 0 Å². The van der Waals surface area contributed by atoms with Crippen LogP contribution in [0.5, 0.6) is 0 Å². The molecule has 3 aliphatic rings. The van der Waals surface area contributed by atoms with Crippen LogP contribution in [0.15, 0.2) is 146 Å². The standard InChI is InChI=1S/C47H44N2/c1-45-29-13-14-30-46(45,2)49(38-25-23-37(24-26-38)48(3)4)44-28-22-34(32-43(44)45)33-21-27-42-40(31-33)39-19-11-12-20-41(39)47(42,35-15-7-5-8-16-35)36-17-9-6-10-18-36/h5-12,15-28,31-32H,13-14,29-30H2,1-4H3. The van der Waals surface area contributed by atoms with Gasteiger partial charge in [-0.15, -0.1) is 0 Å². The zero-order valence-corrected chi connectivity index (χ0v) is 29.1. The zero-order chi connectivity index (χ0) is 33.4. The molecule has 6 aromatic rings. The van der Waals surface area contributed by atoms with Crippen molar-refractivity contribution in [2.75, 3.05) is 23.9 Å². The fourth-order valence-corrected chi connectivity index (χ4v) is 9.85. The number of hydrogen-bond donors (Lipinski definition) is 0. The van der Waals surface area contributed by atoms with Crippen LogP contribution in [0.3, 0.4) is 0 Å². The number of hydrogen-bond acceptors (Lipinski definition) is 2. The summed E-state index contributed by atoms with van der Waals surface area (Å²) in [6, 6.07) is 55.0. The summed E-state index contributed by atoms with van der Waals surface area (Å²) in [7, 11) is 4.23. The molecule has 2 nitrogen and oxygen atoms in total. The van der Waals surface area contributed by atoms with E-state index >= 15 is 0 Å². The van der Waals surface area contributed by atoms with Gasteiger partial charge in [0.05, 0.1) is 11.0 Å². The van der Waals surface area contributed by atoms with Crippen molar-refractivity contribution in [3.05, 3.63) is 173 Å². The minimum atomic E-state index is -0.370. The largest absolute Gasteiger partial charge is 0.378 e. The van der Waals surface area contributed by atoms with E-state index in [1.165, 1.54) is 92.8 Å². The van der Waals surface area contributed by atoms with Gasteiger partial charge in [-0.1, -0.05) is 123 Å². The Balaban J connectivity index is 1.21. The minimum absolute atomic E-state index is 0.0215. The molecule has 0 saturated heterocycles. The van der Waals surface area contributed by atoms with Crippen molar-refractivity contribution in [2.24, 2.45) is 0 Å². The van der Waals surface area contributed by atoms with E-state index in [1.807, 2.05) is 0 Å². The van der Waals surface area contributed by atoms with Crippen LogP contribution in [0.4, 0.5) is 17.1 Å². The smallest absolute Gasteiger partial charge is 0.0713 e. The summed E-state index contributed by atoms with van der Waals surface area (Å²) < 4.78 is 0. The average Bonchev–Trinajstić information content (AvgIpc) is 3.55. The SMILES string of the molecule is CN(C)c1ccc(N2c3ccc(-c4ccc5c(c4)-c4ccccc4C5(c4ccccc4)c4ccccc4)cc3C3(C)CCCCC23C)cc1. The number of fused-ring (bicyclic) bond motifs is 6. The molecule has 1 aliphatic heterocycles. The van der Waals surface area contributed by atoms with Gasteiger partial charge in [-0.05, 0) is 112 Å². The van der Waals surface area contributed by atoms with Gasteiger partial charge in [0.2, 0.25) is 0 Å². The van der Waals surface area contributed by atoms with Crippen LogP contribution in [-0.2, 0) is 10.8 Å². The maximum absolute atomic E-state index is 2.68. The van der Waals surface area contributed by atoms with Crippen molar-refractivity contribution in [3.63, 3.8) is 0 Å². The lowest BCUT2D eigenvalue weighted by atomic mass is 9.61. The zero-order valence-electron chi connectivity index (χ0n) is 29.1. The molecule has 2 unspecified atom stereocenters. The van der Waals surface area contributed by atoms with Crippen LogP contribution in [0, 0.1) is 0 Å². The predicted molar refractivity (Wildman–Crippen MR) is 206 cm³/mol. The van der Waals surface area contributed by atoms with Crippen LogP contribution in [0.2, 0.25) is 0 Å². The second kappa shape index (κ2) is 11.0. The monoisotopic (exact) mass is 636 g/mol. The molecular weight excluding hydrogens is 593 g/mol. The first-order valence-electron chi connectivity index (χ1n) is 17.9. The third-order valence-corrected chi connectivity index (χ3v) is 12.5. The van der Waals surface area contributed by atoms with E-state index in [2.05, 4.69) is 183 Å². The second-order valence-corrected chi connectivity index (χ2v) is 15.1. The van der Waals surface area contributed by atoms with Gasteiger partial charge in [0.25, 0.3) is 0 Å². The van der Waals surface area contributed by atoms with Crippen LogP contribution < -0.4 is 9.80 Å². The van der Waals surface area contributed by atoms with E-state index in [1.54, 1.807) is 0 Å². The topological polar surface area (TPSA) is 6.48 Å². The second-order valence-electron chi connectivity index (χ2n) is 15.1. The third kappa shape index (κ3) is 4.13. The molecule has 1 fully saturated rings. The van der Waals surface area contributed by atoms with Crippen LogP contribution in [-0.4, -0.2) is 19.6 Å². The summed E-state index contributed by atoms with van der Waals surface area (Å²) in [5.74, 6) is 0. The quantitative estimate of drug-likeness (QED) is 0.185. The lowest BCUT2D eigenvalue weighted by Gasteiger charge is -2.50. The summed E-state index contributed by atoms with van der Waals surface area (Å²) in [5, 5.41) is 0. The van der Waals surface area contributed by atoms with Gasteiger partial charge in [-0.25, -0.2) is 0 Å². The van der Waals surface area contributed by atoms with Gasteiger partial charge in [0, 0.05) is 36.6 Å². The molecule has 2 atom stereocenters. The Labute approximate surface area is 291 Å². The Bertz CT molecular complexity index is 2140. The molecule has 2 heteroatoms. The molecule has 2 aliphatic carbocycles. The summed E-state index contributed by atoms with van der Waals surface area (Å²) in [6.45, 7) is 5.06. The number of anilines is 3. The Kier molecular flexibility index (Phi) is 6.72. The molecule has 0 spiro atoms. The highest BCUT2D eigenvalue weighted by atomic mass is 15.3. The van der Waals surface area contributed by atoms with E-state index in [9.17, 15) is 0 Å². The molecule has 242 valence electrons. The Hall–Kier alpha value is -5.08.